The third-order valence-corrected chi connectivity index (χ3v) is 5.51. The van der Waals surface area contributed by atoms with Crippen molar-refractivity contribution < 1.29 is 8.42 Å². The van der Waals surface area contributed by atoms with E-state index in [0.29, 0.717) is 6.54 Å². The van der Waals surface area contributed by atoms with Crippen LogP contribution in [0.2, 0.25) is 0 Å². The second kappa shape index (κ2) is 5.46. The van der Waals surface area contributed by atoms with Crippen LogP contribution < -0.4 is 10.5 Å². The second-order valence-electron chi connectivity index (χ2n) is 5.30. The lowest BCUT2D eigenvalue weighted by molar-refractivity contribution is 0.285. The lowest BCUT2D eigenvalue weighted by Gasteiger charge is -2.27. The van der Waals surface area contributed by atoms with E-state index in [9.17, 15) is 8.42 Å². The van der Waals surface area contributed by atoms with Gasteiger partial charge in [-0.05, 0) is 30.7 Å². The van der Waals surface area contributed by atoms with Gasteiger partial charge in [0.15, 0.2) is 0 Å². The predicted octanol–water partition coefficient (Wildman–Crippen LogP) is 1.91. The van der Waals surface area contributed by atoms with Gasteiger partial charge in [-0.2, -0.15) is 0 Å². The molecule has 0 bridgehead atoms. The molecule has 0 spiro atoms. The van der Waals surface area contributed by atoms with E-state index in [-0.39, 0.29) is 16.1 Å². The molecule has 2 rings (SSSR count). The van der Waals surface area contributed by atoms with Crippen molar-refractivity contribution in [3.63, 3.8) is 0 Å². The summed E-state index contributed by atoms with van der Waals surface area (Å²) in [6, 6.07) is 2.85. The Labute approximate surface area is 114 Å². The van der Waals surface area contributed by atoms with Crippen LogP contribution in [-0.2, 0) is 10.0 Å². The average Bonchev–Trinajstić information content (AvgIpc) is 2.86. The molecule has 1 aromatic heterocycles. The monoisotopic (exact) mass is 283 g/mol. The van der Waals surface area contributed by atoms with Gasteiger partial charge in [-0.3, -0.25) is 0 Å². The lowest BCUT2D eigenvalue weighted by atomic mass is 9.84. The molecule has 106 valence electrons. The maximum Gasteiger partial charge on any atom is 0.240 e. The van der Waals surface area contributed by atoms with Crippen molar-refractivity contribution in [2.75, 3.05) is 12.3 Å². The van der Waals surface area contributed by atoms with Crippen molar-refractivity contribution in [3.05, 3.63) is 18.3 Å². The summed E-state index contributed by atoms with van der Waals surface area (Å²) in [6.07, 6.45) is 7.01. The molecule has 0 amide bonds. The molecule has 0 saturated heterocycles. The molecule has 1 heterocycles. The normalized spacial score (nSPS) is 18.6. The molecule has 0 unspecified atom stereocenters. The van der Waals surface area contributed by atoms with Gasteiger partial charge in [0.1, 0.15) is 5.82 Å². The minimum atomic E-state index is -3.49. The second-order valence-corrected chi connectivity index (χ2v) is 7.07. The quantitative estimate of drug-likeness (QED) is 0.864. The summed E-state index contributed by atoms with van der Waals surface area (Å²) in [4.78, 5) is 3.99. The van der Waals surface area contributed by atoms with Crippen LogP contribution in [-0.4, -0.2) is 19.9 Å². The zero-order chi connectivity index (χ0) is 13.9. The summed E-state index contributed by atoms with van der Waals surface area (Å²) in [6.45, 7) is 2.64. The minimum Gasteiger partial charge on any atom is -0.384 e. The number of hydrogen-bond donors (Lipinski definition) is 2. The molecule has 1 aliphatic rings. The highest BCUT2D eigenvalue weighted by Crippen LogP contribution is 2.40. The van der Waals surface area contributed by atoms with Gasteiger partial charge in [0, 0.05) is 18.8 Å². The third-order valence-electron chi connectivity index (χ3n) is 4.11. The summed E-state index contributed by atoms with van der Waals surface area (Å²) in [5, 5.41) is 0. The molecule has 1 fully saturated rings. The fourth-order valence-corrected chi connectivity index (χ4v) is 3.89. The van der Waals surface area contributed by atoms with E-state index in [4.69, 9.17) is 5.73 Å². The van der Waals surface area contributed by atoms with Crippen LogP contribution >= 0.6 is 0 Å². The van der Waals surface area contributed by atoms with Crippen LogP contribution in [0.25, 0.3) is 0 Å². The molecule has 1 saturated carbocycles. The summed E-state index contributed by atoms with van der Waals surface area (Å²) in [5.41, 5.74) is 5.65. The number of nitrogens with one attached hydrogen (secondary N) is 1. The van der Waals surface area contributed by atoms with E-state index in [2.05, 4.69) is 16.6 Å². The molecule has 0 atom stereocenters. The molecule has 6 heteroatoms. The smallest absolute Gasteiger partial charge is 0.240 e. The Morgan fingerprint density at radius 1 is 1.42 bits per heavy atom. The molecule has 1 aromatic rings. The topological polar surface area (TPSA) is 85.1 Å². The number of rotatable bonds is 5. The van der Waals surface area contributed by atoms with E-state index >= 15 is 0 Å². The van der Waals surface area contributed by atoms with E-state index < -0.39 is 10.0 Å². The van der Waals surface area contributed by atoms with E-state index in [1.54, 1.807) is 0 Å². The predicted molar refractivity (Wildman–Crippen MR) is 75.0 cm³/mol. The van der Waals surface area contributed by atoms with E-state index in [1.165, 1.54) is 31.2 Å². The Hall–Kier alpha value is -1.14. The third kappa shape index (κ3) is 3.25. The Balaban J connectivity index is 2.09. The van der Waals surface area contributed by atoms with Crippen molar-refractivity contribution in [2.45, 2.75) is 43.9 Å². The van der Waals surface area contributed by atoms with Gasteiger partial charge < -0.3 is 5.73 Å². The highest BCUT2D eigenvalue weighted by molar-refractivity contribution is 7.89. The number of sulfonamides is 1. The van der Waals surface area contributed by atoms with Gasteiger partial charge in [0.05, 0.1) is 4.90 Å². The Morgan fingerprint density at radius 3 is 2.68 bits per heavy atom. The molecule has 19 heavy (non-hydrogen) atoms. The van der Waals surface area contributed by atoms with Crippen LogP contribution in [0.3, 0.4) is 0 Å². The van der Waals surface area contributed by atoms with Gasteiger partial charge in [-0.15, -0.1) is 0 Å². The van der Waals surface area contributed by atoms with Gasteiger partial charge in [-0.25, -0.2) is 18.1 Å². The first-order valence-electron chi connectivity index (χ1n) is 6.69. The van der Waals surface area contributed by atoms with Crippen molar-refractivity contribution >= 4 is 15.8 Å². The van der Waals surface area contributed by atoms with Crippen LogP contribution in [0, 0.1) is 5.41 Å². The van der Waals surface area contributed by atoms with Crippen LogP contribution in [0.1, 0.15) is 39.0 Å². The molecule has 3 N–H and O–H groups in total. The fraction of sp³-hybridized carbons (Fsp3) is 0.615. The summed E-state index contributed by atoms with van der Waals surface area (Å²) in [5.74, 6) is 0.217. The Kier molecular flexibility index (Phi) is 4.10. The Bertz CT molecular complexity index is 537. The first-order valence-corrected chi connectivity index (χ1v) is 8.17. The standard InChI is InChI=1S/C13H21N3O2S/c1-2-13(6-3-4-7-13)10-16-19(17,18)11-5-8-15-12(14)9-11/h5,8-9,16H,2-4,6-7,10H2,1H3,(H2,14,15). The summed E-state index contributed by atoms with van der Waals surface area (Å²) in [7, 11) is -3.49. The maximum atomic E-state index is 12.2. The highest BCUT2D eigenvalue weighted by atomic mass is 32.2. The largest absolute Gasteiger partial charge is 0.384 e. The van der Waals surface area contributed by atoms with Gasteiger partial charge >= 0.3 is 0 Å². The van der Waals surface area contributed by atoms with Crippen molar-refractivity contribution in [1.82, 2.24) is 9.71 Å². The Morgan fingerprint density at radius 2 is 2.11 bits per heavy atom. The van der Waals surface area contributed by atoms with E-state index in [0.717, 1.165) is 19.3 Å². The van der Waals surface area contributed by atoms with Gasteiger partial charge in [0.25, 0.3) is 0 Å². The number of anilines is 1. The number of nitrogens with two attached hydrogens (primary N) is 1. The molecule has 5 nitrogen and oxygen atoms in total. The average molecular weight is 283 g/mol. The molecule has 0 aromatic carbocycles. The molecule has 0 radical (unpaired) electrons. The first kappa shape index (κ1) is 14.3. The van der Waals surface area contributed by atoms with Crippen molar-refractivity contribution in [1.29, 1.82) is 0 Å². The van der Waals surface area contributed by atoms with Crippen molar-refractivity contribution in [3.8, 4) is 0 Å². The lowest BCUT2D eigenvalue weighted by Crippen LogP contribution is -2.35. The van der Waals surface area contributed by atoms with Gasteiger partial charge in [-0.1, -0.05) is 19.8 Å². The number of aromatic nitrogens is 1. The zero-order valence-corrected chi connectivity index (χ0v) is 12.0. The molecular formula is C13H21N3O2S. The number of nitrogen functional groups attached to an aromatic ring is 1. The maximum absolute atomic E-state index is 12.2. The summed E-state index contributed by atoms with van der Waals surface area (Å²) < 4.78 is 27.1. The van der Waals surface area contributed by atoms with Crippen LogP contribution in [0.5, 0.6) is 0 Å². The number of nitrogens with zero attached hydrogens (tertiary/aromatic N) is 1. The van der Waals surface area contributed by atoms with Crippen LogP contribution in [0.4, 0.5) is 5.82 Å². The van der Waals surface area contributed by atoms with Gasteiger partial charge in [0.2, 0.25) is 10.0 Å². The van der Waals surface area contributed by atoms with Crippen LogP contribution in [0.15, 0.2) is 23.2 Å². The minimum absolute atomic E-state index is 0.131. The number of hydrogen-bond acceptors (Lipinski definition) is 4. The fourth-order valence-electron chi connectivity index (χ4n) is 2.71. The molecule has 1 aliphatic carbocycles. The SMILES string of the molecule is CCC1(CNS(=O)(=O)c2ccnc(N)c2)CCCC1. The number of pyridine rings is 1. The highest BCUT2D eigenvalue weighted by Gasteiger charge is 2.33. The zero-order valence-electron chi connectivity index (χ0n) is 11.2. The van der Waals surface area contributed by atoms with E-state index in [1.807, 2.05) is 0 Å². The summed E-state index contributed by atoms with van der Waals surface area (Å²) >= 11 is 0. The van der Waals surface area contributed by atoms with Crippen molar-refractivity contribution in [2.24, 2.45) is 5.41 Å². The first-order chi connectivity index (χ1) is 8.97. The molecule has 0 aliphatic heterocycles. The molecular weight excluding hydrogens is 262 g/mol.